The maximum Gasteiger partial charge on any atom is 0.416 e. The Morgan fingerprint density at radius 3 is 2.19 bits per heavy atom. The topological polar surface area (TPSA) is 69.1 Å². The molecule has 186 valence electrons. The molecule has 0 bridgehead atoms. The van der Waals surface area contributed by atoms with Crippen molar-refractivity contribution >= 4 is 5.78 Å². The molecule has 2 heterocycles. The van der Waals surface area contributed by atoms with E-state index in [1.54, 1.807) is 6.20 Å². The number of aromatic nitrogens is 4. The zero-order valence-electron chi connectivity index (χ0n) is 19.5. The van der Waals surface area contributed by atoms with Crippen LogP contribution in [0, 0.1) is 5.82 Å². The fourth-order valence-electron chi connectivity index (χ4n) is 4.66. The Morgan fingerprint density at radius 1 is 0.838 bits per heavy atom. The summed E-state index contributed by atoms with van der Waals surface area (Å²) < 4.78 is 55.0. The molecular formula is C28H21F4N5. The first-order valence-corrected chi connectivity index (χ1v) is 11.8. The van der Waals surface area contributed by atoms with Gasteiger partial charge in [0.2, 0.25) is 0 Å². The fourth-order valence-corrected chi connectivity index (χ4v) is 4.66. The molecule has 1 aliphatic carbocycles. The van der Waals surface area contributed by atoms with Gasteiger partial charge >= 0.3 is 6.18 Å². The Kier molecular flexibility index (Phi) is 5.34. The van der Waals surface area contributed by atoms with Crippen molar-refractivity contribution in [1.82, 2.24) is 19.6 Å². The standard InChI is InChI=1S/C28H21F4N5/c29-23-15-20(28(30,31)32)11-12-21(23)25-35-26-34-24(18-7-9-19(10-8-18)27(33)13-4-14-27)22(16-37(26)36-25)17-5-2-1-3-6-17/h1-3,5-12,15-16H,4,13-14,33H2. The lowest BCUT2D eigenvalue weighted by Gasteiger charge is -2.38. The molecule has 0 saturated heterocycles. The summed E-state index contributed by atoms with van der Waals surface area (Å²) in [6.45, 7) is 0. The number of fused-ring (bicyclic) bond motifs is 1. The fraction of sp³-hybridized carbons (Fsp3) is 0.179. The predicted molar refractivity (Wildman–Crippen MR) is 132 cm³/mol. The largest absolute Gasteiger partial charge is 0.416 e. The van der Waals surface area contributed by atoms with E-state index in [1.807, 2.05) is 54.6 Å². The molecule has 0 amide bonds. The van der Waals surface area contributed by atoms with Gasteiger partial charge in [-0.1, -0.05) is 54.6 Å². The van der Waals surface area contributed by atoms with Gasteiger partial charge in [-0.25, -0.2) is 13.9 Å². The number of hydrogen-bond acceptors (Lipinski definition) is 4. The number of nitrogens with zero attached hydrogens (tertiary/aromatic N) is 4. The van der Waals surface area contributed by atoms with Crippen LogP contribution < -0.4 is 5.73 Å². The van der Waals surface area contributed by atoms with Gasteiger partial charge in [-0.2, -0.15) is 18.2 Å². The Morgan fingerprint density at radius 2 is 1.57 bits per heavy atom. The summed E-state index contributed by atoms with van der Waals surface area (Å²) >= 11 is 0. The van der Waals surface area contributed by atoms with Crippen LogP contribution in [0.5, 0.6) is 0 Å². The van der Waals surface area contributed by atoms with Gasteiger partial charge in [0.05, 0.1) is 16.8 Å². The number of nitrogens with two attached hydrogens (primary N) is 1. The van der Waals surface area contributed by atoms with E-state index in [4.69, 9.17) is 10.7 Å². The van der Waals surface area contributed by atoms with Crippen LogP contribution in [0.4, 0.5) is 17.6 Å². The smallest absolute Gasteiger partial charge is 0.321 e. The number of hydrogen-bond donors (Lipinski definition) is 1. The molecule has 2 N–H and O–H groups in total. The van der Waals surface area contributed by atoms with Crippen LogP contribution in [0.3, 0.4) is 0 Å². The summed E-state index contributed by atoms with van der Waals surface area (Å²) in [6, 6.07) is 19.9. The minimum absolute atomic E-state index is 0.0553. The number of halogens is 4. The third-order valence-electron chi connectivity index (χ3n) is 6.93. The second-order valence-corrected chi connectivity index (χ2v) is 9.33. The molecule has 3 aromatic carbocycles. The molecule has 2 aromatic heterocycles. The first kappa shape index (κ1) is 23.3. The van der Waals surface area contributed by atoms with Crippen LogP contribution >= 0.6 is 0 Å². The predicted octanol–water partition coefficient (Wildman–Crippen LogP) is 6.62. The first-order chi connectivity index (χ1) is 17.7. The van der Waals surface area contributed by atoms with Gasteiger partial charge in [-0.3, -0.25) is 0 Å². The van der Waals surface area contributed by atoms with E-state index < -0.39 is 17.6 Å². The summed E-state index contributed by atoms with van der Waals surface area (Å²) in [5.74, 6) is -0.917. The van der Waals surface area contributed by atoms with Crippen molar-refractivity contribution in [1.29, 1.82) is 0 Å². The van der Waals surface area contributed by atoms with E-state index in [9.17, 15) is 17.6 Å². The third-order valence-corrected chi connectivity index (χ3v) is 6.93. The summed E-state index contributed by atoms with van der Waals surface area (Å²) in [4.78, 5) is 9.07. The molecule has 37 heavy (non-hydrogen) atoms. The van der Waals surface area contributed by atoms with Gasteiger partial charge in [-0.15, -0.1) is 5.10 Å². The van der Waals surface area contributed by atoms with Gasteiger partial charge in [0.15, 0.2) is 5.82 Å². The normalized spacial score (nSPS) is 15.1. The van der Waals surface area contributed by atoms with Gasteiger partial charge < -0.3 is 5.73 Å². The minimum atomic E-state index is -4.65. The van der Waals surface area contributed by atoms with E-state index in [0.29, 0.717) is 11.8 Å². The Hall–Kier alpha value is -4.11. The second kappa shape index (κ2) is 8.48. The van der Waals surface area contributed by atoms with E-state index in [1.165, 1.54) is 4.52 Å². The van der Waals surface area contributed by atoms with Crippen molar-refractivity contribution in [2.24, 2.45) is 5.73 Å². The van der Waals surface area contributed by atoms with Crippen LogP contribution in [0.2, 0.25) is 0 Å². The minimum Gasteiger partial charge on any atom is -0.321 e. The van der Waals surface area contributed by atoms with Gasteiger partial charge in [0.1, 0.15) is 5.82 Å². The number of benzene rings is 3. The maximum atomic E-state index is 14.6. The van der Waals surface area contributed by atoms with E-state index >= 15 is 0 Å². The zero-order chi connectivity index (χ0) is 25.8. The number of rotatable bonds is 4. The second-order valence-electron chi connectivity index (χ2n) is 9.33. The highest BCUT2D eigenvalue weighted by molar-refractivity contribution is 5.81. The Labute approximate surface area is 209 Å². The molecule has 0 aliphatic heterocycles. The van der Waals surface area contributed by atoms with Crippen molar-refractivity contribution in [3.8, 4) is 33.8 Å². The maximum absolute atomic E-state index is 14.6. The highest BCUT2D eigenvalue weighted by Gasteiger charge is 2.34. The van der Waals surface area contributed by atoms with Crippen LogP contribution in [-0.2, 0) is 11.7 Å². The molecule has 1 fully saturated rings. The molecule has 5 nitrogen and oxygen atoms in total. The molecule has 6 rings (SSSR count). The molecule has 0 radical (unpaired) electrons. The lowest BCUT2D eigenvalue weighted by Crippen LogP contribution is -2.43. The summed E-state index contributed by atoms with van der Waals surface area (Å²) in [6.07, 6.45) is 0.118. The average molecular weight is 504 g/mol. The molecular weight excluding hydrogens is 482 g/mol. The third kappa shape index (κ3) is 4.15. The van der Waals surface area contributed by atoms with Crippen molar-refractivity contribution < 1.29 is 17.6 Å². The SMILES string of the molecule is NC1(c2ccc(-c3nc4nc(-c5ccc(C(F)(F)F)cc5F)nn4cc3-c3ccccc3)cc2)CCC1. The highest BCUT2D eigenvalue weighted by atomic mass is 19.4. The van der Waals surface area contributed by atoms with Crippen molar-refractivity contribution in [2.75, 3.05) is 0 Å². The van der Waals surface area contributed by atoms with Crippen LogP contribution in [-0.4, -0.2) is 19.6 Å². The summed E-state index contributed by atoms with van der Waals surface area (Å²) in [5.41, 5.74) is 9.22. The monoisotopic (exact) mass is 503 g/mol. The quantitative estimate of drug-likeness (QED) is 0.280. The molecule has 0 atom stereocenters. The summed E-state index contributed by atoms with van der Waals surface area (Å²) in [7, 11) is 0. The van der Waals surface area contributed by atoms with Gasteiger partial charge in [0.25, 0.3) is 5.78 Å². The highest BCUT2D eigenvalue weighted by Crippen LogP contribution is 2.40. The van der Waals surface area contributed by atoms with Crippen LogP contribution in [0.1, 0.15) is 30.4 Å². The van der Waals surface area contributed by atoms with Crippen LogP contribution in [0.25, 0.3) is 39.5 Å². The van der Waals surface area contributed by atoms with Crippen LogP contribution in [0.15, 0.2) is 79.0 Å². The molecule has 0 spiro atoms. The van der Waals surface area contributed by atoms with Gasteiger partial charge in [0, 0.05) is 22.9 Å². The van der Waals surface area contributed by atoms with E-state index in [0.717, 1.165) is 53.6 Å². The summed E-state index contributed by atoms with van der Waals surface area (Å²) in [5, 5.41) is 4.33. The lowest BCUT2D eigenvalue weighted by atomic mass is 9.72. The average Bonchev–Trinajstić information content (AvgIpc) is 3.29. The van der Waals surface area contributed by atoms with Crippen molar-refractivity contribution in [2.45, 2.75) is 31.0 Å². The lowest BCUT2D eigenvalue weighted by molar-refractivity contribution is -0.137. The molecule has 0 unspecified atom stereocenters. The van der Waals surface area contributed by atoms with Gasteiger partial charge in [-0.05, 0) is 48.6 Å². The van der Waals surface area contributed by atoms with Crippen molar-refractivity contribution in [3.63, 3.8) is 0 Å². The Bertz CT molecular complexity index is 1600. The zero-order valence-corrected chi connectivity index (χ0v) is 19.5. The molecule has 1 saturated carbocycles. The molecule has 9 heteroatoms. The number of alkyl halides is 3. The molecule has 5 aromatic rings. The van der Waals surface area contributed by atoms with Crippen molar-refractivity contribution in [3.05, 3.63) is 95.9 Å². The molecule has 1 aliphatic rings. The first-order valence-electron chi connectivity index (χ1n) is 11.8. The Balaban J connectivity index is 1.47. The van der Waals surface area contributed by atoms with E-state index in [-0.39, 0.29) is 22.7 Å². The van der Waals surface area contributed by atoms with E-state index in [2.05, 4.69) is 10.1 Å².